The van der Waals surface area contributed by atoms with Gasteiger partial charge in [0.25, 0.3) is 0 Å². The third-order valence-electron chi connectivity index (χ3n) is 5.13. The number of hydrogen-bond donors (Lipinski definition) is 1. The molecule has 0 radical (unpaired) electrons. The summed E-state index contributed by atoms with van der Waals surface area (Å²) >= 11 is 1.57. The number of aliphatic imine (C=N–C) groups is 1. The van der Waals surface area contributed by atoms with Crippen LogP contribution in [0.1, 0.15) is 30.5 Å². The van der Waals surface area contributed by atoms with Crippen molar-refractivity contribution in [2.75, 3.05) is 7.11 Å². The third kappa shape index (κ3) is 3.80. The zero-order chi connectivity index (χ0) is 20.4. The maximum Gasteiger partial charge on any atom is 0.338 e. The number of aryl methyl sites for hydroxylation is 1. The highest BCUT2D eigenvalue weighted by Crippen LogP contribution is 2.45. The van der Waals surface area contributed by atoms with Crippen molar-refractivity contribution in [3.63, 3.8) is 0 Å². The van der Waals surface area contributed by atoms with Gasteiger partial charge in [-0.2, -0.15) is 0 Å². The highest BCUT2D eigenvalue weighted by Gasteiger charge is 2.40. The van der Waals surface area contributed by atoms with E-state index >= 15 is 0 Å². The first-order valence-corrected chi connectivity index (χ1v) is 10.3. The van der Waals surface area contributed by atoms with E-state index in [1.807, 2.05) is 37.3 Å². The van der Waals surface area contributed by atoms with E-state index < -0.39 is 0 Å². The summed E-state index contributed by atoms with van der Waals surface area (Å²) in [6.07, 6.45) is 1.73. The number of aromatic hydroxyl groups is 1. The lowest BCUT2D eigenvalue weighted by molar-refractivity contribution is -0.136. The standard InChI is InChI=1S/C23H22N2O3S/c1-15-20(22(27)28-2)21(17-9-12-19(26)13-10-17)25-18(14-29-23(25)24-15)11-8-16-6-4-3-5-7-16/h3-7,9-10,12-14,21,26H,8,11H2,1-2H3. The van der Waals surface area contributed by atoms with Crippen LogP contribution in [0.25, 0.3) is 0 Å². The Labute approximate surface area is 174 Å². The third-order valence-corrected chi connectivity index (χ3v) is 6.02. The van der Waals surface area contributed by atoms with Gasteiger partial charge in [0.05, 0.1) is 24.4 Å². The number of carbonyl (C=O) groups excluding carboxylic acids is 1. The maximum atomic E-state index is 12.7. The Morgan fingerprint density at radius 2 is 1.86 bits per heavy atom. The van der Waals surface area contributed by atoms with Crippen molar-refractivity contribution in [2.24, 2.45) is 4.99 Å². The average molecular weight is 407 g/mol. The molecule has 6 heteroatoms. The molecule has 0 spiro atoms. The molecule has 4 rings (SSSR count). The van der Waals surface area contributed by atoms with Crippen LogP contribution in [0.15, 0.2) is 82.0 Å². The van der Waals surface area contributed by atoms with Crippen LogP contribution in [0.4, 0.5) is 0 Å². The van der Waals surface area contributed by atoms with Crippen molar-refractivity contribution in [1.29, 1.82) is 0 Å². The van der Waals surface area contributed by atoms with Gasteiger partial charge in [-0.3, -0.25) is 0 Å². The number of nitrogens with zero attached hydrogens (tertiary/aromatic N) is 2. The van der Waals surface area contributed by atoms with E-state index in [2.05, 4.69) is 27.4 Å². The Morgan fingerprint density at radius 3 is 2.55 bits per heavy atom. The summed E-state index contributed by atoms with van der Waals surface area (Å²) in [6, 6.07) is 17.0. The molecule has 0 saturated heterocycles. The van der Waals surface area contributed by atoms with Crippen molar-refractivity contribution >= 4 is 22.9 Å². The number of benzene rings is 2. The van der Waals surface area contributed by atoms with Crippen molar-refractivity contribution in [3.05, 3.63) is 88.1 Å². The van der Waals surface area contributed by atoms with Gasteiger partial charge in [0.2, 0.25) is 0 Å². The Hall–Kier alpha value is -2.99. The average Bonchev–Trinajstić information content (AvgIpc) is 3.14. The van der Waals surface area contributed by atoms with Crippen molar-refractivity contribution in [1.82, 2.24) is 4.90 Å². The number of phenols is 1. The summed E-state index contributed by atoms with van der Waals surface area (Å²) < 4.78 is 5.08. The number of methoxy groups -OCH3 is 1. The molecule has 2 aliphatic heterocycles. The first-order chi connectivity index (χ1) is 14.1. The molecule has 0 saturated carbocycles. The minimum Gasteiger partial charge on any atom is -0.508 e. The highest BCUT2D eigenvalue weighted by atomic mass is 32.2. The van der Waals surface area contributed by atoms with Gasteiger partial charge < -0.3 is 14.7 Å². The summed E-state index contributed by atoms with van der Waals surface area (Å²) in [5.41, 5.74) is 4.47. The van der Waals surface area contributed by atoms with Crippen LogP contribution >= 0.6 is 11.8 Å². The van der Waals surface area contributed by atoms with Crippen molar-refractivity contribution < 1.29 is 14.6 Å². The van der Waals surface area contributed by atoms with E-state index in [0.29, 0.717) is 11.3 Å². The van der Waals surface area contributed by atoms with Crippen LogP contribution in [0.2, 0.25) is 0 Å². The van der Waals surface area contributed by atoms with E-state index in [0.717, 1.165) is 29.3 Å². The molecule has 5 nitrogen and oxygen atoms in total. The Balaban J connectivity index is 1.70. The van der Waals surface area contributed by atoms with Crippen LogP contribution < -0.4 is 0 Å². The van der Waals surface area contributed by atoms with Crippen LogP contribution in [0.5, 0.6) is 5.75 Å². The van der Waals surface area contributed by atoms with Crippen molar-refractivity contribution in [2.45, 2.75) is 25.8 Å². The predicted octanol–water partition coefficient (Wildman–Crippen LogP) is 4.77. The fourth-order valence-corrected chi connectivity index (χ4v) is 4.68. The minimum atomic E-state index is -0.386. The molecular weight excluding hydrogens is 384 g/mol. The molecule has 148 valence electrons. The van der Waals surface area contributed by atoms with Gasteiger partial charge in [-0.1, -0.05) is 54.2 Å². The minimum absolute atomic E-state index is 0.189. The highest BCUT2D eigenvalue weighted by molar-refractivity contribution is 8.16. The van der Waals surface area contributed by atoms with E-state index in [-0.39, 0.29) is 17.8 Å². The zero-order valence-corrected chi connectivity index (χ0v) is 17.1. The summed E-state index contributed by atoms with van der Waals surface area (Å²) in [5.74, 6) is -0.197. The summed E-state index contributed by atoms with van der Waals surface area (Å²) in [4.78, 5) is 19.5. The number of esters is 1. The van der Waals surface area contributed by atoms with Gasteiger partial charge in [-0.15, -0.1) is 0 Å². The van der Waals surface area contributed by atoms with Crippen LogP contribution in [0, 0.1) is 0 Å². The van der Waals surface area contributed by atoms with Gasteiger partial charge >= 0.3 is 5.97 Å². The molecule has 29 heavy (non-hydrogen) atoms. The van der Waals surface area contributed by atoms with E-state index in [4.69, 9.17) is 4.74 Å². The number of fused-ring (bicyclic) bond motifs is 1. The van der Waals surface area contributed by atoms with Crippen LogP contribution in [-0.4, -0.2) is 28.3 Å². The predicted molar refractivity (Wildman–Crippen MR) is 115 cm³/mol. The largest absolute Gasteiger partial charge is 0.508 e. The lowest BCUT2D eigenvalue weighted by Gasteiger charge is -2.36. The fourth-order valence-electron chi connectivity index (χ4n) is 3.68. The van der Waals surface area contributed by atoms with Gasteiger partial charge in [-0.25, -0.2) is 9.79 Å². The Kier molecular flexibility index (Phi) is 5.45. The molecule has 0 aliphatic carbocycles. The number of thioether (sulfide) groups is 1. The molecule has 0 aromatic heterocycles. The van der Waals surface area contributed by atoms with E-state index in [9.17, 15) is 9.90 Å². The lowest BCUT2D eigenvalue weighted by atomic mass is 9.93. The van der Waals surface area contributed by atoms with Gasteiger partial charge in [0.1, 0.15) is 5.75 Å². The maximum absolute atomic E-state index is 12.7. The van der Waals surface area contributed by atoms with Crippen LogP contribution in [0.3, 0.4) is 0 Å². The molecule has 1 N–H and O–H groups in total. The quantitative estimate of drug-likeness (QED) is 0.725. The summed E-state index contributed by atoms with van der Waals surface area (Å²) in [5, 5.41) is 12.7. The smallest absolute Gasteiger partial charge is 0.338 e. The molecule has 2 aliphatic rings. The number of allylic oxidation sites excluding steroid dienone is 2. The molecule has 0 amide bonds. The molecule has 1 unspecified atom stereocenters. The molecule has 2 aromatic carbocycles. The first-order valence-electron chi connectivity index (χ1n) is 9.44. The second kappa shape index (κ2) is 8.17. The van der Waals surface area contributed by atoms with E-state index in [1.54, 1.807) is 23.9 Å². The molecule has 1 atom stereocenters. The SMILES string of the molecule is COC(=O)C1=C(C)N=C2SC=C(CCc3ccccc3)N2C1c1ccc(O)cc1. The molecular formula is C23H22N2O3S. The summed E-state index contributed by atoms with van der Waals surface area (Å²) in [7, 11) is 1.39. The number of carbonyl (C=O) groups is 1. The molecule has 2 heterocycles. The first kappa shape index (κ1) is 19.3. The molecule has 0 fully saturated rings. The number of hydrogen-bond acceptors (Lipinski definition) is 6. The Bertz CT molecular complexity index is 1010. The lowest BCUT2D eigenvalue weighted by Crippen LogP contribution is -2.36. The monoisotopic (exact) mass is 406 g/mol. The number of phenolic OH excluding ortho intramolecular Hbond substituents is 1. The number of amidine groups is 1. The fraction of sp³-hybridized carbons (Fsp3) is 0.217. The molecule has 2 aromatic rings. The van der Waals surface area contributed by atoms with Crippen molar-refractivity contribution in [3.8, 4) is 5.75 Å². The van der Waals surface area contributed by atoms with Gasteiger partial charge in [0.15, 0.2) is 5.17 Å². The second-order valence-corrected chi connectivity index (χ2v) is 7.80. The number of ether oxygens (including phenoxy) is 1. The normalized spacial score (nSPS) is 18.3. The Morgan fingerprint density at radius 1 is 1.14 bits per heavy atom. The summed E-state index contributed by atoms with van der Waals surface area (Å²) in [6.45, 7) is 1.84. The van der Waals surface area contributed by atoms with Gasteiger partial charge in [0, 0.05) is 5.70 Å². The van der Waals surface area contributed by atoms with E-state index in [1.165, 1.54) is 12.7 Å². The topological polar surface area (TPSA) is 62.1 Å². The number of rotatable bonds is 5. The second-order valence-electron chi connectivity index (χ2n) is 6.96. The molecule has 0 bridgehead atoms. The van der Waals surface area contributed by atoms with Gasteiger partial charge in [-0.05, 0) is 48.4 Å². The zero-order valence-electron chi connectivity index (χ0n) is 16.3. The van der Waals surface area contributed by atoms with Crippen LogP contribution in [-0.2, 0) is 16.0 Å².